The number of benzene rings is 1. The van der Waals surface area contributed by atoms with Crippen molar-refractivity contribution < 1.29 is 28.9 Å². The fourth-order valence-corrected chi connectivity index (χ4v) is 5.08. The first-order chi connectivity index (χ1) is 20.4. The first kappa shape index (κ1) is 29.5. The summed E-state index contributed by atoms with van der Waals surface area (Å²) in [6.07, 6.45) is 0.383. The van der Waals surface area contributed by atoms with Gasteiger partial charge in [0.05, 0.1) is 26.2 Å². The van der Waals surface area contributed by atoms with Crippen LogP contribution in [-0.2, 0) is 17.6 Å². The molecule has 226 valence electrons. The van der Waals surface area contributed by atoms with Crippen LogP contribution in [0.5, 0.6) is 11.5 Å². The molecule has 4 heterocycles. The molecule has 13 heteroatoms. The van der Waals surface area contributed by atoms with Gasteiger partial charge in [0.25, 0.3) is 0 Å². The molecule has 13 nitrogen and oxygen atoms in total. The zero-order chi connectivity index (χ0) is 29.8. The number of methoxy groups -OCH3 is 2. The maximum absolute atomic E-state index is 11.0. The lowest BCUT2D eigenvalue weighted by molar-refractivity contribution is -0.0434. The lowest BCUT2D eigenvalue weighted by Crippen LogP contribution is -2.29. The molecular formula is C29H39N7O6. The normalized spacial score (nSPS) is 20.4. The minimum atomic E-state index is -1.26. The number of anilines is 2. The quantitative estimate of drug-likeness (QED) is 0.182. The number of hydrogen-bond donors (Lipinski definition) is 4. The maximum atomic E-state index is 11.0. The molecule has 0 aliphatic carbocycles. The van der Waals surface area contributed by atoms with Crippen LogP contribution in [0.25, 0.3) is 11.2 Å². The maximum Gasteiger partial charge on any atom is 0.226 e. The number of hydrogen-bond acceptors (Lipinski definition) is 12. The molecule has 0 amide bonds. The average Bonchev–Trinajstić information content (AvgIpc) is 3.73. The third-order valence-electron chi connectivity index (χ3n) is 7.62. The highest BCUT2D eigenvalue weighted by Crippen LogP contribution is 2.40. The van der Waals surface area contributed by atoms with Crippen molar-refractivity contribution in [3.8, 4) is 11.5 Å². The highest BCUT2D eigenvalue weighted by molar-refractivity contribution is 5.84. The minimum Gasteiger partial charge on any atom is -0.493 e. The molecule has 0 radical (unpaired) electrons. The van der Waals surface area contributed by atoms with Gasteiger partial charge < -0.3 is 39.6 Å². The molecule has 3 aromatic heterocycles. The van der Waals surface area contributed by atoms with E-state index in [4.69, 9.17) is 28.7 Å². The Morgan fingerprint density at radius 3 is 2.50 bits per heavy atom. The molecule has 0 saturated carbocycles. The lowest BCUT2D eigenvalue weighted by atomic mass is 10.1. The Balaban J connectivity index is 1.43. The Kier molecular flexibility index (Phi) is 9.09. The van der Waals surface area contributed by atoms with Gasteiger partial charge in [-0.3, -0.25) is 4.57 Å². The van der Waals surface area contributed by atoms with Crippen LogP contribution in [0.2, 0.25) is 0 Å². The SMILES string of the molecule is CCc1cc([C@H]2O[C@@H](n3cnc4c(NC(CC)CC)nc(NCCc5ccc(OC)c(OC)c5)nc43)[C@H](O)[C@@H]2O)on1. The van der Waals surface area contributed by atoms with Crippen LogP contribution in [-0.4, -0.2) is 73.9 Å². The fraction of sp³-hybridized carbons (Fsp3) is 0.517. The summed E-state index contributed by atoms with van der Waals surface area (Å²) in [6.45, 7) is 6.72. The van der Waals surface area contributed by atoms with Crippen LogP contribution in [0.4, 0.5) is 11.8 Å². The molecule has 4 aromatic rings. The summed E-state index contributed by atoms with van der Waals surface area (Å²) in [7, 11) is 3.22. The second-order valence-electron chi connectivity index (χ2n) is 10.2. The second kappa shape index (κ2) is 12.9. The Labute approximate surface area is 244 Å². The van der Waals surface area contributed by atoms with Crippen molar-refractivity contribution >= 4 is 22.9 Å². The number of aliphatic hydroxyl groups excluding tert-OH is 2. The smallest absolute Gasteiger partial charge is 0.226 e. The van der Waals surface area contributed by atoms with Crippen molar-refractivity contribution in [2.75, 3.05) is 31.4 Å². The van der Waals surface area contributed by atoms with Gasteiger partial charge in [-0.25, -0.2) is 4.98 Å². The highest BCUT2D eigenvalue weighted by atomic mass is 16.6. The van der Waals surface area contributed by atoms with E-state index in [-0.39, 0.29) is 6.04 Å². The molecule has 0 bridgehead atoms. The summed E-state index contributed by atoms with van der Waals surface area (Å²) in [5, 5.41) is 32.7. The molecule has 0 spiro atoms. The largest absolute Gasteiger partial charge is 0.493 e. The summed E-state index contributed by atoms with van der Waals surface area (Å²) in [6, 6.07) is 7.73. The Hall–Kier alpha value is -3.94. The Bertz CT molecular complexity index is 1490. The zero-order valence-electron chi connectivity index (χ0n) is 24.6. The van der Waals surface area contributed by atoms with Crippen LogP contribution >= 0.6 is 0 Å². The zero-order valence-corrected chi connectivity index (χ0v) is 24.6. The summed E-state index contributed by atoms with van der Waals surface area (Å²) in [5.74, 6) is 2.67. The van der Waals surface area contributed by atoms with E-state index in [0.717, 1.165) is 24.1 Å². The number of imidazole rings is 1. The topological polar surface area (TPSA) is 162 Å². The van der Waals surface area contributed by atoms with E-state index >= 15 is 0 Å². The van der Waals surface area contributed by atoms with Crippen LogP contribution in [0, 0.1) is 0 Å². The van der Waals surface area contributed by atoms with Gasteiger partial charge in [-0.1, -0.05) is 32.0 Å². The fourth-order valence-electron chi connectivity index (χ4n) is 5.08. The molecule has 1 aromatic carbocycles. The van der Waals surface area contributed by atoms with E-state index in [9.17, 15) is 10.2 Å². The average molecular weight is 582 g/mol. The number of nitrogens with zero attached hydrogens (tertiary/aromatic N) is 5. The van der Waals surface area contributed by atoms with Gasteiger partial charge >= 0.3 is 0 Å². The molecule has 0 unspecified atom stereocenters. The van der Waals surface area contributed by atoms with E-state index in [1.807, 2.05) is 25.1 Å². The highest BCUT2D eigenvalue weighted by Gasteiger charge is 2.47. The number of fused-ring (bicyclic) bond motifs is 1. The minimum absolute atomic E-state index is 0.187. The number of aryl methyl sites for hydroxylation is 1. The van der Waals surface area contributed by atoms with Crippen molar-refractivity contribution in [1.82, 2.24) is 24.7 Å². The van der Waals surface area contributed by atoms with Crippen molar-refractivity contribution in [3.63, 3.8) is 0 Å². The van der Waals surface area contributed by atoms with Gasteiger partial charge in [-0.05, 0) is 43.4 Å². The third-order valence-corrected chi connectivity index (χ3v) is 7.62. The predicted molar refractivity (Wildman–Crippen MR) is 156 cm³/mol. The van der Waals surface area contributed by atoms with E-state index in [1.165, 1.54) is 0 Å². The Morgan fingerprint density at radius 1 is 1.02 bits per heavy atom. The first-order valence-corrected chi connectivity index (χ1v) is 14.3. The molecule has 5 rings (SSSR count). The molecule has 1 fully saturated rings. The summed E-state index contributed by atoms with van der Waals surface area (Å²) < 4.78 is 23.9. The van der Waals surface area contributed by atoms with Gasteiger partial charge in [0.15, 0.2) is 40.5 Å². The number of aromatic nitrogens is 5. The lowest BCUT2D eigenvalue weighted by Gasteiger charge is -2.19. The van der Waals surface area contributed by atoms with Crippen molar-refractivity contribution in [2.45, 2.75) is 77.0 Å². The summed E-state index contributed by atoms with van der Waals surface area (Å²) in [4.78, 5) is 14.1. The van der Waals surface area contributed by atoms with Gasteiger partial charge in [0.2, 0.25) is 5.95 Å². The van der Waals surface area contributed by atoms with Crippen LogP contribution in [0.15, 0.2) is 35.1 Å². The van der Waals surface area contributed by atoms with Crippen LogP contribution < -0.4 is 20.1 Å². The van der Waals surface area contributed by atoms with E-state index in [2.05, 4.69) is 34.6 Å². The molecule has 4 N–H and O–H groups in total. The summed E-state index contributed by atoms with van der Waals surface area (Å²) in [5.41, 5.74) is 2.79. The third kappa shape index (κ3) is 5.85. The number of ether oxygens (including phenoxy) is 3. The van der Waals surface area contributed by atoms with Gasteiger partial charge in [-0.15, -0.1) is 0 Å². The monoisotopic (exact) mass is 581 g/mol. The Morgan fingerprint density at radius 2 is 1.81 bits per heavy atom. The predicted octanol–water partition coefficient (Wildman–Crippen LogP) is 3.64. The van der Waals surface area contributed by atoms with Crippen LogP contribution in [0.1, 0.15) is 63.0 Å². The molecule has 1 aliphatic heterocycles. The molecule has 1 aliphatic rings. The summed E-state index contributed by atoms with van der Waals surface area (Å²) >= 11 is 0. The van der Waals surface area contributed by atoms with Crippen molar-refractivity contribution in [1.29, 1.82) is 0 Å². The number of rotatable bonds is 13. The molecule has 1 saturated heterocycles. The first-order valence-electron chi connectivity index (χ1n) is 14.3. The number of nitrogens with one attached hydrogen (secondary N) is 2. The van der Waals surface area contributed by atoms with Crippen molar-refractivity contribution in [2.24, 2.45) is 0 Å². The van der Waals surface area contributed by atoms with E-state index in [0.29, 0.717) is 59.6 Å². The standard InChI is InChI=1S/C29H39N7O6/c1-6-17(7-2)32-26-22-27(34-29(33-26)30-12-11-16-9-10-19(39-4)20(13-16)40-5)36(15-31-22)28-24(38)23(37)25(41-28)21-14-18(8-3)35-42-21/h9-10,13-15,17,23-25,28,37-38H,6-8,11-12H2,1-5H3,(H2,30,32,33,34)/t23-,24+,25+,28+/m0/s1. The second-order valence-corrected chi connectivity index (χ2v) is 10.2. The van der Waals surface area contributed by atoms with Crippen molar-refractivity contribution in [3.05, 3.63) is 47.6 Å². The van der Waals surface area contributed by atoms with E-state index < -0.39 is 24.5 Å². The van der Waals surface area contributed by atoms with Gasteiger partial charge in [0.1, 0.15) is 18.3 Å². The van der Waals surface area contributed by atoms with Crippen LogP contribution in [0.3, 0.4) is 0 Å². The van der Waals surface area contributed by atoms with Gasteiger partial charge in [0, 0.05) is 18.7 Å². The molecule has 4 atom stereocenters. The molecular weight excluding hydrogens is 542 g/mol. The molecule has 42 heavy (non-hydrogen) atoms. The number of aliphatic hydroxyl groups is 2. The van der Waals surface area contributed by atoms with Gasteiger partial charge in [-0.2, -0.15) is 9.97 Å². The van der Waals surface area contributed by atoms with E-state index in [1.54, 1.807) is 31.2 Å².